The van der Waals surface area contributed by atoms with E-state index >= 15 is 0 Å². The molecule has 98 valence electrons. The molecule has 0 aromatic carbocycles. The van der Waals surface area contributed by atoms with Gasteiger partial charge < -0.3 is 5.21 Å². The Bertz CT molecular complexity index is 782. The zero-order valence-electron chi connectivity index (χ0n) is 10.2. The van der Waals surface area contributed by atoms with E-state index in [1.165, 1.54) is 0 Å². The molecule has 19 heavy (non-hydrogen) atoms. The lowest BCUT2D eigenvalue weighted by Gasteiger charge is -2.13. The Morgan fingerprint density at radius 1 is 1.42 bits per heavy atom. The molecule has 0 saturated heterocycles. The summed E-state index contributed by atoms with van der Waals surface area (Å²) in [4.78, 5) is 4.43. The van der Waals surface area contributed by atoms with Crippen LogP contribution in [-0.2, 0) is 6.42 Å². The summed E-state index contributed by atoms with van der Waals surface area (Å²) in [5, 5.41) is 12.9. The number of hydrogen-bond donors (Lipinski definition) is 0. The Kier molecular flexibility index (Phi) is 2.99. The zero-order chi connectivity index (χ0) is 13.6. The van der Waals surface area contributed by atoms with Gasteiger partial charge in [-0.25, -0.2) is 4.73 Å². The lowest BCUT2D eigenvalue weighted by Crippen LogP contribution is -2.34. The van der Waals surface area contributed by atoms with Crippen molar-refractivity contribution in [3.05, 3.63) is 45.9 Å². The van der Waals surface area contributed by atoms with Gasteiger partial charge in [0, 0.05) is 17.5 Å². The highest BCUT2D eigenvalue weighted by Gasteiger charge is 2.22. The van der Waals surface area contributed by atoms with E-state index in [2.05, 4.69) is 4.98 Å². The molecule has 0 spiro atoms. The normalized spacial score (nSPS) is 11.5. The third kappa shape index (κ3) is 1.75. The van der Waals surface area contributed by atoms with Crippen molar-refractivity contribution >= 4 is 40.0 Å². The molecule has 4 nitrogen and oxygen atoms in total. The second-order valence-corrected chi connectivity index (χ2v) is 5.08. The topological polar surface area (TPSA) is 44.2 Å². The van der Waals surface area contributed by atoms with Crippen LogP contribution in [0.15, 0.2) is 24.4 Å². The largest absolute Gasteiger partial charge is 0.710 e. The molecule has 6 heteroatoms. The van der Waals surface area contributed by atoms with Gasteiger partial charge in [0.25, 0.3) is 0 Å². The average molecular weight is 296 g/mol. The highest BCUT2D eigenvalue weighted by Crippen LogP contribution is 2.27. The lowest BCUT2D eigenvalue weighted by atomic mass is 10.1. The van der Waals surface area contributed by atoms with Crippen LogP contribution in [0.5, 0.6) is 0 Å². The number of halogens is 2. The Hall–Kier alpha value is -1.52. The lowest BCUT2D eigenvalue weighted by molar-refractivity contribution is -0.587. The van der Waals surface area contributed by atoms with Crippen LogP contribution in [0.2, 0.25) is 5.02 Å². The Balaban J connectivity index is 2.50. The Morgan fingerprint density at radius 2 is 2.21 bits per heavy atom. The van der Waals surface area contributed by atoms with Crippen molar-refractivity contribution in [2.45, 2.75) is 13.3 Å². The summed E-state index contributed by atoms with van der Waals surface area (Å²) in [5.74, 6) is 0.416. The fraction of sp³-hybridized carbons (Fsp3) is 0.231. The zero-order valence-corrected chi connectivity index (χ0v) is 11.7. The van der Waals surface area contributed by atoms with Gasteiger partial charge in [-0.2, -0.15) is 9.38 Å². The van der Waals surface area contributed by atoms with Gasteiger partial charge in [-0.05, 0) is 19.4 Å². The number of imidazole rings is 1. The van der Waals surface area contributed by atoms with Crippen LogP contribution < -0.4 is 4.73 Å². The van der Waals surface area contributed by atoms with Crippen molar-refractivity contribution in [1.29, 1.82) is 0 Å². The van der Waals surface area contributed by atoms with E-state index in [1.54, 1.807) is 17.5 Å². The van der Waals surface area contributed by atoms with Crippen LogP contribution >= 0.6 is 23.2 Å². The van der Waals surface area contributed by atoms with E-state index in [0.717, 1.165) is 10.3 Å². The van der Waals surface area contributed by atoms with E-state index in [9.17, 15) is 5.21 Å². The van der Waals surface area contributed by atoms with Crippen molar-refractivity contribution in [2.24, 2.45) is 0 Å². The molecule has 0 atom stereocenters. The minimum atomic E-state index is 0.416. The molecule has 0 fully saturated rings. The van der Waals surface area contributed by atoms with Gasteiger partial charge in [-0.1, -0.05) is 17.7 Å². The quantitative estimate of drug-likeness (QED) is 0.414. The molecular weight excluding hydrogens is 285 g/mol. The standard InChI is InChI=1S/C13H11Cl2N3O/c1-8-9(5-6-14)11(15)12-13(18(8)19)17-7-3-2-4-10(17)16-12/h2-4,7H,5-6H2,1H3. The number of fused-ring (bicyclic) bond motifs is 3. The van der Waals surface area contributed by atoms with E-state index in [4.69, 9.17) is 23.2 Å². The molecule has 0 amide bonds. The maximum absolute atomic E-state index is 12.4. The fourth-order valence-electron chi connectivity index (χ4n) is 2.29. The summed E-state index contributed by atoms with van der Waals surface area (Å²) in [7, 11) is 0. The SMILES string of the molecule is Cc1c(CCCl)c(Cl)c2nc3ccccn3c2[n+]1[O-]. The first-order chi connectivity index (χ1) is 9.15. The average Bonchev–Trinajstić information content (AvgIpc) is 2.81. The van der Waals surface area contributed by atoms with Crippen LogP contribution in [0.25, 0.3) is 16.8 Å². The van der Waals surface area contributed by atoms with Gasteiger partial charge in [0.1, 0.15) is 5.69 Å². The first kappa shape index (κ1) is 12.5. The molecule has 0 aliphatic carbocycles. The van der Waals surface area contributed by atoms with Gasteiger partial charge in [-0.3, -0.25) is 0 Å². The molecule has 0 aliphatic rings. The van der Waals surface area contributed by atoms with Crippen molar-refractivity contribution < 1.29 is 4.73 Å². The minimum absolute atomic E-state index is 0.416. The second kappa shape index (κ2) is 4.54. The highest BCUT2D eigenvalue weighted by molar-refractivity contribution is 6.35. The number of aromatic nitrogens is 3. The molecule has 3 aromatic heterocycles. The molecule has 0 N–H and O–H groups in total. The molecular formula is C13H11Cl2N3O. The second-order valence-electron chi connectivity index (χ2n) is 4.32. The molecule has 0 unspecified atom stereocenters. The smallest absolute Gasteiger partial charge is 0.319 e. The number of nitrogens with zero attached hydrogens (tertiary/aromatic N) is 3. The summed E-state index contributed by atoms with van der Waals surface area (Å²) in [6.45, 7) is 1.75. The number of hydrogen-bond acceptors (Lipinski definition) is 2. The predicted molar refractivity (Wildman–Crippen MR) is 75.8 cm³/mol. The molecule has 0 bridgehead atoms. The third-order valence-corrected chi connectivity index (χ3v) is 3.85. The Morgan fingerprint density at radius 3 is 2.95 bits per heavy atom. The Labute approximate surface area is 119 Å². The van der Waals surface area contributed by atoms with Crippen molar-refractivity contribution in [2.75, 3.05) is 5.88 Å². The molecule has 0 aliphatic heterocycles. The van der Waals surface area contributed by atoms with Crippen LogP contribution in [0.1, 0.15) is 11.3 Å². The third-order valence-electron chi connectivity index (χ3n) is 3.26. The van der Waals surface area contributed by atoms with E-state index in [0.29, 0.717) is 39.8 Å². The van der Waals surface area contributed by atoms with Crippen LogP contribution in [0, 0.1) is 12.1 Å². The predicted octanol–water partition coefficient (Wildman–Crippen LogP) is 2.86. The molecule has 0 radical (unpaired) electrons. The molecule has 3 aromatic rings. The van der Waals surface area contributed by atoms with Crippen LogP contribution in [0.4, 0.5) is 0 Å². The van der Waals surface area contributed by atoms with Crippen molar-refractivity contribution in [3.8, 4) is 0 Å². The van der Waals surface area contributed by atoms with Crippen molar-refractivity contribution in [3.63, 3.8) is 0 Å². The monoisotopic (exact) mass is 295 g/mol. The molecule has 3 heterocycles. The molecule has 3 rings (SSSR count). The molecule has 0 saturated carbocycles. The number of pyridine rings is 2. The van der Waals surface area contributed by atoms with Gasteiger partial charge in [0.15, 0.2) is 5.52 Å². The van der Waals surface area contributed by atoms with E-state index in [-0.39, 0.29) is 0 Å². The van der Waals surface area contributed by atoms with Gasteiger partial charge in [0.05, 0.1) is 11.2 Å². The van der Waals surface area contributed by atoms with Gasteiger partial charge in [-0.15, -0.1) is 11.6 Å². The maximum atomic E-state index is 12.4. The first-order valence-electron chi connectivity index (χ1n) is 5.88. The van der Waals surface area contributed by atoms with Crippen molar-refractivity contribution in [1.82, 2.24) is 9.38 Å². The summed E-state index contributed by atoms with van der Waals surface area (Å²) in [6.07, 6.45) is 2.36. The maximum Gasteiger partial charge on any atom is 0.319 e. The van der Waals surface area contributed by atoms with Crippen LogP contribution in [0.3, 0.4) is 0 Å². The van der Waals surface area contributed by atoms with E-state index in [1.807, 2.05) is 18.2 Å². The van der Waals surface area contributed by atoms with Crippen LogP contribution in [-0.4, -0.2) is 15.3 Å². The van der Waals surface area contributed by atoms with Gasteiger partial charge >= 0.3 is 5.65 Å². The summed E-state index contributed by atoms with van der Waals surface area (Å²) in [5.41, 5.74) is 3.02. The summed E-state index contributed by atoms with van der Waals surface area (Å²) < 4.78 is 2.62. The summed E-state index contributed by atoms with van der Waals surface area (Å²) in [6, 6.07) is 5.56. The number of alkyl halides is 1. The van der Waals surface area contributed by atoms with Gasteiger partial charge in [0.2, 0.25) is 5.65 Å². The van der Waals surface area contributed by atoms with E-state index < -0.39 is 0 Å². The fourth-order valence-corrected chi connectivity index (χ4v) is 2.84. The minimum Gasteiger partial charge on any atom is -0.710 e. The first-order valence-corrected chi connectivity index (χ1v) is 6.79. The highest BCUT2D eigenvalue weighted by atomic mass is 35.5. The summed E-state index contributed by atoms with van der Waals surface area (Å²) >= 11 is 12.1. The number of rotatable bonds is 2.